The SMILES string of the molecule is COc1cc(/C=C(/C#N)C(=O)Nc2nnc(C(C)C)s2)ccc1OCCOc1ccc(Br)cc1. The minimum absolute atomic E-state index is 0.0695. The van der Waals surface area contributed by atoms with Gasteiger partial charge in [0.25, 0.3) is 5.91 Å². The molecule has 0 aliphatic heterocycles. The molecule has 0 fully saturated rings. The Labute approximate surface area is 210 Å². The van der Waals surface area contributed by atoms with Crippen LogP contribution in [0.15, 0.2) is 52.5 Å². The van der Waals surface area contributed by atoms with Crippen LogP contribution in [0.25, 0.3) is 6.08 Å². The van der Waals surface area contributed by atoms with Gasteiger partial charge in [0, 0.05) is 10.4 Å². The van der Waals surface area contributed by atoms with Crippen molar-refractivity contribution >= 4 is 44.4 Å². The van der Waals surface area contributed by atoms with E-state index in [0.29, 0.717) is 35.4 Å². The molecule has 3 rings (SSSR count). The number of rotatable bonds is 10. The van der Waals surface area contributed by atoms with Gasteiger partial charge in [-0.15, -0.1) is 10.2 Å². The van der Waals surface area contributed by atoms with E-state index in [1.54, 1.807) is 18.2 Å². The lowest BCUT2D eigenvalue weighted by molar-refractivity contribution is -0.112. The molecule has 0 saturated heterocycles. The third-order valence-corrected chi connectivity index (χ3v) is 6.11. The quantitative estimate of drug-likeness (QED) is 0.206. The van der Waals surface area contributed by atoms with Crippen molar-refractivity contribution in [2.24, 2.45) is 0 Å². The number of carbonyl (C=O) groups excluding carboxylic acids is 1. The van der Waals surface area contributed by atoms with Gasteiger partial charge in [0.1, 0.15) is 35.6 Å². The predicted octanol–water partition coefficient (Wildman–Crippen LogP) is 5.44. The molecule has 3 aromatic rings. The normalized spacial score (nSPS) is 11.1. The number of hydrogen-bond acceptors (Lipinski definition) is 8. The lowest BCUT2D eigenvalue weighted by atomic mass is 10.1. The van der Waals surface area contributed by atoms with E-state index in [1.165, 1.54) is 24.5 Å². The molecular formula is C24H23BrN4O4S. The number of nitrogens with zero attached hydrogens (tertiary/aromatic N) is 3. The molecule has 0 radical (unpaired) electrons. The highest BCUT2D eigenvalue weighted by Crippen LogP contribution is 2.29. The first kappa shape index (κ1) is 25.2. The number of anilines is 1. The molecule has 1 N–H and O–H groups in total. The van der Waals surface area contributed by atoms with Crippen LogP contribution in [0.3, 0.4) is 0 Å². The van der Waals surface area contributed by atoms with E-state index in [4.69, 9.17) is 14.2 Å². The second-order valence-electron chi connectivity index (χ2n) is 7.29. The molecule has 1 amide bonds. The minimum atomic E-state index is -0.557. The predicted molar refractivity (Wildman–Crippen MR) is 134 cm³/mol. The summed E-state index contributed by atoms with van der Waals surface area (Å²) in [7, 11) is 1.52. The Morgan fingerprint density at radius 2 is 1.88 bits per heavy atom. The van der Waals surface area contributed by atoms with Crippen molar-refractivity contribution in [3.63, 3.8) is 0 Å². The summed E-state index contributed by atoms with van der Waals surface area (Å²) in [5.41, 5.74) is 0.544. The van der Waals surface area contributed by atoms with Gasteiger partial charge in [-0.25, -0.2) is 0 Å². The number of amides is 1. The van der Waals surface area contributed by atoms with Crippen LogP contribution in [0.4, 0.5) is 5.13 Å². The highest BCUT2D eigenvalue weighted by atomic mass is 79.9. The Kier molecular flexibility index (Phi) is 9.01. The van der Waals surface area contributed by atoms with Gasteiger partial charge in [0.2, 0.25) is 5.13 Å². The van der Waals surface area contributed by atoms with Gasteiger partial charge in [-0.2, -0.15) is 5.26 Å². The molecule has 8 nitrogen and oxygen atoms in total. The van der Waals surface area contributed by atoms with Gasteiger partial charge >= 0.3 is 0 Å². The second kappa shape index (κ2) is 12.2. The van der Waals surface area contributed by atoms with Crippen molar-refractivity contribution in [1.82, 2.24) is 10.2 Å². The van der Waals surface area contributed by atoms with Gasteiger partial charge in [-0.3, -0.25) is 10.1 Å². The Morgan fingerprint density at radius 1 is 1.15 bits per heavy atom. The fraction of sp³-hybridized carbons (Fsp3) is 0.250. The Balaban J connectivity index is 1.62. The lowest BCUT2D eigenvalue weighted by Gasteiger charge is -2.12. The van der Waals surface area contributed by atoms with Gasteiger partial charge in [-0.1, -0.05) is 47.2 Å². The third kappa shape index (κ3) is 7.04. The van der Waals surface area contributed by atoms with E-state index in [-0.39, 0.29) is 11.5 Å². The molecule has 2 aromatic carbocycles. The zero-order chi connectivity index (χ0) is 24.5. The maximum absolute atomic E-state index is 12.5. The number of aromatic nitrogens is 2. The average Bonchev–Trinajstić information content (AvgIpc) is 3.30. The number of carbonyl (C=O) groups is 1. The number of ether oxygens (including phenoxy) is 3. The van der Waals surface area contributed by atoms with Gasteiger partial charge in [0.15, 0.2) is 11.5 Å². The molecule has 10 heteroatoms. The molecule has 176 valence electrons. The number of methoxy groups -OCH3 is 1. The van der Waals surface area contributed by atoms with Crippen LogP contribution in [0.5, 0.6) is 17.2 Å². The van der Waals surface area contributed by atoms with Crippen LogP contribution < -0.4 is 19.5 Å². The molecule has 0 aliphatic rings. The molecule has 1 heterocycles. The highest BCUT2D eigenvalue weighted by Gasteiger charge is 2.15. The lowest BCUT2D eigenvalue weighted by Crippen LogP contribution is -2.13. The summed E-state index contributed by atoms with van der Waals surface area (Å²) in [6, 6.07) is 14.6. The summed E-state index contributed by atoms with van der Waals surface area (Å²) in [5.74, 6) is 1.39. The maximum atomic E-state index is 12.5. The van der Waals surface area contributed by atoms with Gasteiger partial charge in [0.05, 0.1) is 7.11 Å². The molecule has 0 atom stereocenters. The van der Waals surface area contributed by atoms with Crippen LogP contribution >= 0.6 is 27.3 Å². The van der Waals surface area contributed by atoms with E-state index < -0.39 is 5.91 Å². The summed E-state index contributed by atoms with van der Waals surface area (Å²) in [6.07, 6.45) is 1.47. The fourth-order valence-corrected chi connectivity index (χ4v) is 3.74. The molecule has 0 spiro atoms. The van der Waals surface area contributed by atoms with Crippen molar-refractivity contribution in [2.45, 2.75) is 19.8 Å². The first-order valence-corrected chi connectivity index (χ1v) is 12.0. The number of nitrogens with one attached hydrogen (secondary N) is 1. The monoisotopic (exact) mass is 542 g/mol. The second-order valence-corrected chi connectivity index (χ2v) is 9.21. The van der Waals surface area contributed by atoms with Gasteiger partial charge < -0.3 is 14.2 Å². The van der Waals surface area contributed by atoms with Crippen molar-refractivity contribution < 1.29 is 19.0 Å². The van der Waals surface area contributed by atoms with Crippen molar-refractivity contribution in [2.75, 3.05) is 25.6 Å². The van der Waals surface area contributed by atoms with Crippen molar-refractivity contribution in [3.8, 4) is 23.3 Å². The number of benzene rings is 2. The fourth-order valence-electron chi connectivity index (χ4n) is 2.73. The van der Waals surface area contributed by atoms with E-state index in [1.807, 2.05) is 44.2 Å². The maximum Gasteiger partial charge on any atom is 0.268 e. The molecule has 1 aromatic heterocycles. The van der Waals surface area contributed by atoms with Crippen LogP contribution in [0, 0.1) is 11.3 Å². The topological polar surface area (TPSA) is 106 Å². The Bertz CT molecular complexity index is 1200. The average molecular weight is 543 g/mol. The minimum Gasteiger partial charge on any atom is -0.493 e. The van der Waals surface area contributed by atoms with Crippen molar-refractivity contribution in [1.29, 1.82) is 5.26 Å². The number of hydrogen-bond donors (Lipinski definition) is 1. The zero-order valence-electron chi connectivity index (χ0n) is 18.9. The first-order valence-electron chi connectivity index (χ1n) is 10.4. The molecule has 0 saturated carbocycles. The smallest absolute Gasteiger partial charge is 0.268 e. The number of halogens is 1. The Morgan fingerprint density at radius 3 is 2.53 bits per heavy atom. The summed E-state index contributed by atoms with van der Waals surface area (Å²) in [5, 5.41) is 21.2. The van der Waals surface area contributed by atoms with Gasteiger partial charge in [-0.05, 0) is 48.0 Å². The standard InChI is InChI=1S/C24H23BrN4O4S/c1-15(2)23-28-29-24(34-23)27-22(30)17(14-26)12-16-4-9-20(21(13-16)31-3)33-11-10-32-19-7-5-18(25)6-8-19/h4-9,12-13,15H,10-11H2,1-3H3,(H,27,29,30)/b17-12-. The molecular weight excluding hydrogens is 520 g/mol. The summed E-state index contributed by atoms with van der Waals surface area (Å²) in [6.45, 7) is 4.65. The van der Waals surface area contributed by atoms with E-state index in [2.05, 4.69) is 31.4 Å². The molecule has 0 aliphatic carbocycles. The molecule has 34 heavy (non-hydrogen) atoms. The summed E-state index contributed by atoms with van der Waals surface area (Å²) >= 11 is 4.66. The molecule has 0 unspecified atom stereocenters. The van der Waals surface area contributed by atoms with Crippen LogP contribution in [0.2, 0.25) is 0 Å². The largest absolute Gasteiger partial charge is 0.493 e. The van der Waals surface area contributed by atoms with Crippen LogP contribution in [-0.4, -0.2) is 36.4 Å². The van der Waals surface area contributed by atoms with Crippen molar-refractivity contribution in [3.05, 3.63) is 63.1 Å². The Hall–Kier alpha value is -3.42. The summed E-state index contributed by atoms with van der Waals surface area (Å²) in [4.78, 5) is 12.5. The van der Waals surface area contributed by atoms with Crippen LogP contribution in [0.1, 0.15) is 30.3 Å². The van der Waals surface area contributed by atoms with E-state index in [9.17, 15) is 10.1 Å². The number of nitriles is 1. The third-order valence-electron chi connectivity index (χ3n) is 4.44. The zero-order valence-corrected chi connectivity index (χ0v) is 21.3. The molecule has 0 bridgehead atoms. The van der Waals surface area contributed by atoms with Crippen LogP contribution in [-0.2, 0) is 4.79 Å². The van der Waals surface area contributed by atoms with E-state index >= 15 is 0 Å². The highest BCUT2D eigenvalue weighted by molar-refractivity contribution is 9.10. The first-order chi connectivity index (χ1) is 16.4. The summed E-state index contributed by atoms with van der Waals surface area (Å²) < 4.78 is 17.8. The van der Waals surface area contributed by atoms with E-state index in [0.717, 1.165) is 15.2 Å².